The van der Waals surface area contributed by atoms with E-state index in [-0.39, 0.29) is 11.9 Å². The molecule has 0 aliphatic carbocycles. The molecule has 2 aromatic carbocycles. The maximum absolute atomic E-state index is 12.3. The summed E-state index contributed by atoms with van der Waals surface area (Å²) >= 11 is 6.19. The Balaban J connectivity index is 1.57. The van der Waals surface area contributed by atoms with Crippen LogP contribution < -0.4 is 5.32 Å². The molecule has 4 heteroatoms. The predicted molar refractivity (Wildman–Crippen MR) is 93.4 cm³/mol. The largest absolute Gasteiger partial charge is 0.348 e. The molecule has 0 fully saturated rings. The fraction of sp³-hybridized carbons (Fsp3) is 0.316. The number of carbonyl (C=O) groups is 1. The average Bonchev–Trinajstić information content (AvgIpc) is 2.55. The second-order valence-corrected chi connectivity index (χ2v) is 6.45. The van der Waals surface area contributed by atoms with Gasteiger partial charge in [-0.05, 0) is 36.1 Å². The van der Waals surface area contributed by atoms with Gasteiger partial charge in [0, 0.05) is 18.1 Å². The summed E-state index contributed by atoms with van der Waals surface area (Å²) in [6, 6.07) is 16.0. The third-order valence-corrected chi connectivity index (χ3v) is 4.67. The van der Waals surface area contributed by atoms with Gasteiger partial charge in [-0.1, -0.05) is 54.1 Å². The van der Waals surface area contributed by atoms with E-state index in [0.29, 0.717) is 11.6 Å². The molecule has 1 aliphatic rings. The summed E-state index contributed by atoms with van der Waals surface area (Å²) in [6.07, 6.45) is 1.00. The van der Waals surface area contributed by atoms with Crippen molar-refractivity contribution >= 4 is 17.5 Å². The van der Waals surface area contributed by atoms with Gasteiger partial charge < -0.3 is 5.32 Å². The van der Waals surface area contributed by atoms with Crippen LogP contribution in [0.4, 0.5) is 0 Å². The van der Waals surface area contributed by atoms with Gasteiger partial charge in [0.1, 0.15) is 0 Å². The Hall–Kier alpha value is -1.84. The number of fused-ring (bicyclic) bond motifs is 1. The van der Waals surface area contributed by atoms with Gasteiger partial charge in [-0.2, -0.15) is 0 Å². The van der Waals surface area contributed by atoms with Gasteiger partial charge in [-0.25, -0.2) is 0 Å². The molecule has 1 aliphatic heterocycles. The molecule has 1 N–H and O–H groups in total. The summed E-state index contributed by atoms with van der Waals surface area (Å²) in [7, 11) is 0. The fourth-order valence-corrected chi connectivity index (χ4v) is 3.38. The average molecular weight is 329 g/mol. The Morgan fingerprint density at radius 3 is 2.65 bits per heavy atom. The van der Waals surface area contributed by atoms with Crippen molar-refractivity contribution in [3.8, 4) is 0 Å². The number of hydrogen-bond donors (Lipinski definition) is 1. The fourth-order valence-electron chi connectivity index (χ4n) is 3.08. The zero-order chi connectivity index (χ0) is 16.2. The molecule has 3 rings (SSSR count). The SMILES string of the molecule is C[C@H](NC(=O)CN1CCc2ccccc2C1)c1ccccc1Cl. The van der Waals surface area contributed by atoms with Crippen LogP contribution in [-0.2, 0) is 17.8 Å². The zero-order valence-corrected chi connectivity index (χ0v) is 14.0. The summed E-state index contributed by atoms with van der Waals surface area (Å²) in [4.78, 5) is 14.5. The molecule has 0 saturated carbocycles. The summed E-state index contributed by atoms with van der Waals surface area (Å²) in [5.41, 5.74) is 3.67. The van der Waals surface area contributed by atoms with E-state index in [1.54, 1.807) is 0 Å². The van der Waals surface area contributed by atoms with Crippen molar-refractivity contribution in [1.82, 2.24) is 10.2 Å². The highest BCUT2D eigenvalue weighted by Gasteiger charge is 2.19. The van der Waals surface area contributed by atoms with E-state index in [1.165, 1.54) is 11.1 Å². The standard InChI is InChI=1S/C19H21ClN2O/c1-14(17-8-4-5-9-18(17)20)21-19(23)13-22-11-10-15-6-2-3-7-16(15)12-22/h2-9,14H,10-13H2,1H3,(H,21,23)/t14-/m0/s1. The minimum atomic E-state index is -0.0896. The van der Waals surface area contributed by atoms with E-state index in [4.69, 9.17) is 11.6 Å². The highest BCUT2D eigenvalue weighted by atomic mass is 35.5. The maximum Gasteiger partial charge on any atom is 0.234 e. The van der Waals surface area contributed by atoms with E-state index in [1.807, 2.05) is 31.2 Å². The van der Waals surface area contributed by atoms with Crippen LogP contribution in [0.25, 0.3) is 0 Å². The van der Waals surface area contributed by atoms with Gasteiger partial charge in [0.25, 0.3) is 0 Å². The number of nitrogens with one attached hydrogen (secondary N) is 1. The van der Waals surface area contributed by atoms with Gasteiger partial charge in [-0.3, -0.25) is 9.69 Å². The molecule has 1 heterocycles. The monoisotopic (exact) mass is 328 g/mol. The first kappa shape index (κ1) is 16.0. The van der Waals surface area contributed by atoms with E-state index < -0.39 is 0 Å². The molecule has 0 unspecified atom stereocenters. The number of rotatable bonds is 4. The summed E-state index contributed by atoms with van der Waals surface area (Å²) in [5.74, 6) is 0.0387. The molecule has 1 amide bonds. The Morgan fingerprint density at radius 2 is 1.87 bits per heavy atom. The molecule has 0 spiro atoms. The van der Waals surface area contributed by atoms with Gasteiger partial charge in [0.05, 0.1) is 12.6 Å². The normalized spacial score (nSPS) is 15.7. The minimum absolute atomic E-state index is 0.0387. The molecular formula is C19H21ClN2O. The van der Waals surface area contributed by atoms with Crippen molar-refractivity contribution in [1.29, 1.82) is 0 Å². The predicted octanol–water partition coefficient (Wildman–Crippen LogP) is 3.58. The second-order valence-electron chi connectivity index (χ2n) is 6.04. The lowest BCUT2D eigenvalue weighted by Gasteiger charge is -2.28. The molecule has 120 valence electrons. The van der Waals surface area contributed by atoms with Crippen LogP contribution >= 0.6 is 11.6 Å². The Bertz CT molecular complexity index is 701. The first-order chi connectivity index (χ1) is 11.1. The maximum atomic E-state index is 12.3. The van der Waals surface area contributed by atoms with Gasteiger partial charge >= 0.3 is 0 Å². The third-order valence-electron chi connectivity index (χ3n) is 4.33. The first-order valence-electron chi connectivity index (χ1n) is 7.96. The van der Waals surface area contributed by atoms with E-state index in [9.17, 15) is 4.79 Å². The Labute approximate surface area is 142 Å². The number of halogens is 1. The summed E-state index contributed by atoms with van der Waals surface area (Å²) < 4.78 is 0. The molecule has 0 radical (unpaired) electrons. The quantitative estimate of drug-likeness (QED) is 0.930. The van der Waals surface area contributed by atoms with Crippen molar-refractivity contribution in [3.05, 3.63) is 70.2 Å². The van der Waals surface area contributed by atoms with E-state index in [0.717, 1.165) is 25.1 Å². The Kier molecular flexibility index (Phi) is 4.99. The zero-order valence-electron chi connectivity index (χ0n) is 13.3. The van der Waals surface area contributed by atoms with Crippen molar-refractivity contribution in [2.75, 3.05) is 13.1 Å². The highest BCUT2D eigenvalue weighted by molar-refractivity contribution is 6.31. The number of hydrogen-bond acceptors (Lipinski definition) is 2. The van der Waals surface area contributed by atoms with Gasteiger partial charge in [0.15, 0.2) is 0 Å². The lowest BCUT2D eigenvalue weighted by atomic mass is 10.00. The molecule has 0 bridgehead atoms. The number of carbonyl (C=O) groups excluding carboxylic acids is 1. The van der Waals surface area contributed by atoms with Crippen LogP contribution in [0.15, 0.2) is 48.5 Å². The number of nitrogens with zero attached hydrogens (tertiary/aromatic N) is 1. The molecule has 2 aromatic rings. The van der Waals surface area contributed by atoms with Gasteiger partial charge in [0.2, 0.25) is 5.91 Å². The minimum Gasteiger partial charge on any atom is -0.348 e. The van der Waals surface area contributed by atoms with Crippen LogP contribution in [0.1, 0.15) is 29.7 Å². The van der Waals surface area contributed by atoms with Crippen LogP contribution in [-0.4, -0.2) is 23.9 Å². The topological polar surface area (TPSA) is 32.3 Å². The number of benzene rings is 2. The number of amides is 1. The van der Waals surface area contributed by atoms with Crippen molar-refractivity contribution in [2.24, 2.45) is 0 Å². The smallest absolute Gasteiger partial charge is 0.234 e. The molecule has 1 atom stereocenters. The van der Waals surface area contributed by atoms with Crippen LogP contribution in [0.2, 0.25) is 5.02 Å². The second kappa shape index (κ2) is 7.16. The summed E-state index contributed by atoms with van der Waals surface area (Å²) in [6.45, 7) is 4.14. The van der Waals surface area contributed by atoms with Crippen LogP contribution in [0.3, 0.4) is 0 Å². The first-order valence-corrected chi connectivity index (χ1v) is 8.34. The van der Waals surface area contributed by atoms with Crippen LogP contribution in [0.5, 0.6) is 0 Å². The lowest BCUT2D eigenvalue weighted by molar-refractivity contribution is -0.123. The molecule has 23 heavy (non-hydrogen) atoms. The van der Waals surface area contributed by atoms with E-state index in [2.05, 4.69) is 34.5 Å². The molecule has 0 aromatic heterocycles. The highest BCUT2D eigenvalue weighted by Crippen LogP contribution is 2.22. The molecule has 3 nitrogen and oxygen atoms in total. The van der Waals surface area contributed by atoms with Gasteiger partial charge in [-0.15, -0.1) is 0 Å². The molecular weight excluding hydrogens is 308 g/mol. The van der Waals surface area contributed by atoms with E-state index >= 15 is 0 Å². The van der Waals surface area contributed by atoms with Crippen molar-refractivity contribution < 1.29 is 4.79 Å². The molecule has 0 saturated heterocycles. The van der Waals surface area contributed by atoms with Crippen molar-refractivity contribution in [3.63, 3.8) is 0 Å². The third kappa shape index (κ3) is 3.92. The summed E-state index contributed by atoms with van der Waals surface area (Å²) in [5, 5.41) is 3.73. The Morgan fingerprint density at radius 1 is 1.17 bits per heavy atom. The van der Waals surface area contributed by atoms with Crippen LogP contribution in [0, 0.1) is 0 Å². The van der Waals surface area contributed by atoms with Crippen molar-refractivity contribution in [2.45, 2.75) is 25.9 Å². The lowest BCUT2D eigenvalue weighted by Crippen LogP contribution is -2.40.